The van der Waals surface area contributed by atoms with Crippen LogP contribution in [0.2, 0.25) is 0 Å². The summed E-state index contributed by atoms with van der Waals surface area (Å²) in [5.41, 5.74) is 0. The third kappa shape index (κ3) is 2.15. The van der Waals surface area contributed by atoms with Crippen LogP contribution in [0.4, 0.5) is 0 Å². The van der Waals surface area contributed by atoms with Crippen molar-refractivity contribution in [2.75, 3.05) is 26.0 Å². The van der Waals surface area contributed by atoms with Gasteiger partial charge in [-0.15, -0.1) is 0 Å². The van der Waals surface area contributed by atoms with Crippen LogP contribution >= 0.6 is 0 Å². The van der Waals surface area contributed by atoms with E-state index in [9.17, 15) is 8.42 Å². The van der Waals surface area contributed by atoms with Gasteiger partial charge in [-0.2, -0.15) is 0 Å². The second-order valence-electron chi connectivity index (χ2n) is 2.96. The van der Waals surface area contributed by atoms with Gasteiger partial charge in [-0.05, 0) is 12.3 Å². The molecule has 1 atom stereocenters. The van der Waals surface area contributed by atoms with E-state index in [-0.39, 0.29) is 12.5 Å². The molecule has 1 heterocycles. The largest absolute Gasteiger partial charge is 0.396 e. The van der Waals surface area contributed by atoms with Gasteiger partial charge in [-0.25, -0.2) is 12.7 Å². The summed E-state index contributed by atoms with van der Waals surface area (Å²) in [6.45, 7) is 1.13. The lowest BCUT2D eigenvalue weighted by atomic mass is 10.1. The van der Waals surface area contributed by atoms with Crippen molar-refractivity contribution in [3.05, 3.63) is 0 Å². The van der Waals surface area contributed by atoms with E-state index in [1.165, 1.54) is 10.6 Å². The van der Waals surface area contributed by atoms with E-state index < -0.39 is 10.0 Å². The van der Waals surface area contributed by atoms with Gasteiger partial charge in [0, 0.05) is 19.7 Å². The van der Waals surface area contributed by atoms with Gasteiger partial charge in [0.2, 0.25) is 10.0 Å². The molecule has 0 radical (unpaired) electrons. The Balaban J connectivity index is 2.55. The first-order valence-corrected chi connectivity index (χ1v) is 5.45. The van der Waals surface area contributed by atoms with Gasteiger partial charge in [0.1, 0.15) is 0 Å². The highest BCUT2D eigenvalue weighted by molar-refractivity contribution is 7.88. The fourth-order valence-corrected chi connectivity index (χ4v) is 2.17. The van der Waals surface area contributed by atoms with Crippen molar-refractivity contribution in [2.24, 2.45) is 5.92 Å². The number of hydrogen-bond acceptors (Lipinski definition) is 3. The molecule has 0 aromatic carbocycles. The Labute approximate surface area is 66.9 Å². The fourth-order valence-electron chi connectivity index (χ4n) is 1.25. The highest BCUT2D eigenvalue weighted by Crippen LogP contribution is 2.17. The molecule has 5 heteroatoms. The smallest absolute Gasteiger partial charge is 0.211 e. The quantitative estimate of drug-likeness (QED) is 0.607. The highest BCUT2D eigenvalue weighted by Gasteiger charge is 2.27. The molecular formula is C6H13NO3S. The van der Waals surface area contributed by atoms with Gasteiger partial charge in [-0.3, -0.25) is 0 Å². The zero-order valence-corrected chi connectivity index (χ0v) is 7.34. The van der Waals surface area contributed by atoms with Gasteiger partial charge in [0.25, 0.3) is 0 Å². The van der Waals surface area contributed by atoms with Crippen LogP contribution in [-0.4, -0.2) is 43.8 Å². The predicted octanol–water partition coefficient (Wildman–Crippen LogP) is -0.740. The zero-order valence-electron chi connectivity index (χ0n) is 6.52. The maximum Gasteiger partial charge on any atom is 0.211 e. The molecular weight excluding hydrogens is 166 g/mol. The van der Waals surface area contributed by atoms with Crippen molar-refractivity contribution in [3.8, 4) is 0 Å². The minimum atomic E-state index is -3.02. The lowest BCUT2D eigenvalue weighted by Gasteiger charge is -2.11. The normalized spacial score (nSPS) is 27.6. The number of sulfonamides is 1. The molecule has 1 rings (SSSR count). The van der Waals surface area contributed by atoms with Gasteiger partial charge in [0.15, 0.2) is 0 Å². The fraction of sp³-hybridized carbons (Fsp3) is 1.00. The molecule has 1 N–H and O–H groups in total. The number of hydrogen-bond donors (Lipinski definition) is 1. The van der Waals surface area contributed by atoms with Crippen molar-refractivity contribution >= 4 is 10.0 Å². The molecule has 0 aromatic rings. The van der Waals surface area contributed by atoms with Crippen LogP contribution in [0.1, 0.15) is 6.42 Å². The third-order valence-electron chi connectivity index (χ3n) is 1.98. The first kappa shape index (κ1) is 8.96. The molecule has 1 saturated heterocycles. The molecule has 0 bridgehead atoms. The molecule has 66 valence electrons. The van der Waals surface area contributed by atoms with E-state index in [4.69, 9.17) is 5.11 Å². The topological polar surface area (TPSA) is 57.6 Å². The minimum Gasteiger partial charge on any atom is -0.396 e. The molecule has 4 nitrogen and oxygen atoms in total. The van der Waals surface area contributed by atoms with Crippen molar-refractivity contribution < 1.29 is 13.5 Å². The van der Waals surface area contributed by atoms with E-state index in [0.717, 1.165) is 6.42 Å². The van der Waals surface area contributed by atoms with Gasteiger partial charge in [-0.1, -0.05) is 0 Å². The predicted molar refractivity (Wildman–Crippen MR) is 41.6 cm³/mol. The monoisotopic (exact) mass is 179 g/mol. The summed E-state index contributed by atoms with van der Waals surface area (Å²) in [7, 11) is -3.02. The SMILES string of the molecule is CS(=O)(=O)N1CC[C@@H](CO)C1. The number of aliphatic hydroxyl groups excluding tert-OH is 1. The van der Waals surface area contributed by atoms with Gasteiger partial charge < -0.3 is 5.11 Å². The number of nitrogens with zero attached hydrogens (tertiary/aromatic N) is 1. The molecule has 1 fully saturated rings. The van der Waals surface area contributed by atoms with E-state index in [0.29, 0.717) is 13.1 Å². The average molecular weight is 179 g/mol. The standard InChI is InChI=1S/C6H13NO3S/c1-11(9,10)7-3-2-6(4-7)5-8/h6,8H,2-5H2,1H3/t6-/m1/s1. The van der Waals surface area contributed by atoms with E-state index in [2.05, 4.69) is 0 Å². The molecule has 1 aliphatic rings. The molecule has 0 aromatic heterocycles. The molecule has 0 amide bonds. The first-order chi connectivity index (χ1) is 5.04. The Kier molecular flexibility index (Phi) is 2.51. The Morgan fingerprint density at radius 3 is 2.55 bits per heavy atom. The Morgan fingerprint density at radius 2 is 2.27 bits per heavy atom. The van der Waals surface area contributed by atoms with Crippen LogP contribution in [0.25, 0.3) is 0 Å². The van der Waals surface area contributed by atoms with Crippen LogP contribution < -0.4 is 0 Å². The lowest BCUT2D eigenvalue weighted by Crippen LogP contribution is -2.27. The maximum atomic E-state index is 10.9. The maximum absolute atomic E-state index is 10.9. The molecule has 0 unspecified atom stereocenters. The van der Waals surface area contributed by atoms with Crippen LogP contribution in [0.3, 0.4) is 0 Å². The number of rotatable bonds is 2. The summed E-state index contributed by atoms with van der Waals surface area (Å²) in [4.78, 5) is 0. The molecule has 1 aliphatic heterocycles. The summed E-state index contributed by atoms with van der Waals surface area (Å²) in [6, 6.07) is 0. The molecule has 0 saturated carbocycles. The lowest BCUT2D eigenvalue weighted by molar-refractivity contribution is 0.233. The van der Waals surface area contributed by atoms with Crippen LogP contribution in [0.15, 0.2) is 0 Å². The van der Waals surface area contributed by atoms with Gasteiger partial charge in [0.05, 0.1) is 6.26 Å². The average Bonchev–Trinajstić information content (AvgIpc) is 2.32. The first-order valence-electron chi connectivity index (χ1n) is 3.60. The van der Waals surface area contributed by atoms with Crippen LogP contribution in [0, 0.1) is 5.92 Å². The highest BCUT2D eigenvalue weighted by atomic mass is 32.2. The summed E-state index contributed by atoms with van der Waals surface area (Å²) < 4.78 is 23.3. The van der Waals surface area contributed by atoms with Crippen molar-refractivity contribution in [3.63, 3.8) is 0 Å². The Morgan fingerprint density at radius 1 is 1.64 bits per heavy atom. The Hall–Kier alpha value is -0.130. The van der Waals surface area contributed by atoms with Crippen LogP contribution in [-0.2, 0) is 10.0 Å². The summed E-state index contributed by atoms with van der Waals surface area (Å²) in [5.74, 6) is 0.143. The van der Waals surface area contributed by atoms with Crippen LogP contribution in [0.5, 0.6) is 0 Å². The summed E-state index contributed by atoms with van der Waals surface area (Å²) in [6.07, 6.45) is 1.98. The second kappa shape index (κ2) is 3.08. The van der Waals surface area contributed by atoms with Crippen molar-refractivity contribution in [1.82, 2.24) is 4.31 Å². The van der Waals surface area contributed by atoms with Crippen molar-refractivity contribution in [1.29, 1.82) is 0 Å². The summed E-state index contributed by atoms with van der Waals surface area (Å²) in [5, 5.41) is 8.73. The Bertz CT molecular complexity index is 224. The van der Waals surface area contributed by atoms with Gasteiger partial charge >= 0.3 is 0 Å². The molecule has 11 heavy (non-hydrogen) atoms. The van der Waals surface area contributed by atoms with Crippen molar-refractivity contribution in [2.45, 2.75) is 6.42 Å². The second-order valence-corrected chi connectivity index (χ2v) is 4.94. The third-order valence-corrected chi connectivity index (χ3v) is 3.25. The number of aliphatic hydroxyl groups is 1. The zero-order chi connectivity index (χ0) is 8.48. The minimum absolute atomic E-state index is 0.0893. The van der Waals surface area contributed by atoms with E-state index in [1.54, 1.807) is 0 Å². The molecule has 0 aliphatic carbocycles. The van der Waals surface area contributed by atoms with E-state index in [1.807, 2.05) is 0 Å². The summed E-state index contributed by atoms with van der Waals surface area (Å²) >= 11 is 0. The molecule has 0 spiro atoms. The van der Waals surface area contributed by atoms with E-state index >= 15 is 0 Å².